The van der Waals surface area contributed by atoms with Crippen molar-refractivity contribution in [2.75, 3.05) is 16.6 Å². The molecule has 0 aliphatic carbocycles. The molecule has 1 unspecified atom stereocenters. The number of hydrogen-bond donors (Lipinski definition) is 1. The maximum absolute atomic E-state index is 13.2. The molecule has 1 aliphatic heterocycles. The lowest BCUT2D eigenvalue weighted by atomic mass is 9.97. The van der Waals surface area contributed by atoms with Gasteiger partial charge < -0.3 is 5.73 Å². The van der Waals surface area contributed by atoms with E-state index in [1.165, 1.54) is 15.6 Å². The number of aryl methyl sites for hydroxylation is 1. The number of sulfonamides is 1. The fourth-order valence-electron chi connectivity index (χ4n) is 3.13. The number of thiophene rings is 1. The summed E-state index contributed by atoms with van der Waals surface area (Å²) in [5.41, 5.74) is 8.82. The number of nitrogen functional groups attached to an aromatic ring is 1. The van der Waals surface area contributed by atoms with Crippen LogP contribution in [0.15, 0.2) is 58.9 Å². The van der Waals surface area contributed by atoms with E-state index in [9.17, 15) is 8.42 Å². The van der Waals surface area contributed by atoms with E-state index in [4.69, 9.17) is 5.73 Å². The van der Waals surface area contributed by atoms with Crippen molar-refractivity contribution in [1.29, 1.82) is 0 Å². The van der Waals surface area contributed by atoms with Crippen LogP contribution in [-0.2, 0) is 10.0 Å². The topological polar surface area (TPSA) is 76.3 Å². The van der Waals surface area contributed by atoms with E-state index in [-0.39, 0.29) is 10.8 Å². The second kappa shape index (κ2) is 5.86. The highest BCUT2D eigenvalue weighted by Crippen LogP contribution is 2.42. The molecule has 0 fully saturated rings. The molecule has 0 radical (unpaired) electrons. The van der Waals surface area contributed by atoms with Crippen LogP contribution < -0.4 is 10.0 Å². The van der Waals surface area contributed by atoms with Gasteiger partial charge in [-0.1, -0.05) is 23.8 Å². The number of pyridine rings is 1. The zero-order chi connectivity index (χ0) is 17.6. The highest BCUT2D eigenvalue weighted by molar-refractivity contribution is 7.92. The number of benzene rings is 1. The Bertz CT molecular complexity index is 1030. The maximum atomic E-state index is 13.2. The second-order valence-corrected chi connectivity index (χ2v) is 8.91. The fourth-order valence-corrected chi connectivity index (χ4v) is 5.29. The van der Waals surface area contributed by atoms with Gasteiger partial charge in [-0.25, -0.2) is 17.7 Å². The Morgan fingerprint density at radius 3 is 2.68 bits per heavy atom. The lowest BCUT2D eigenvalue weighted by molar-refractivity contribution is 0.591. The Morgan fingerprint density at radius 1 is 1.24 bits per heavy atom. The molecule has 0 bridgehead atoms. The summed E-state index contributed by atoms with van der Waals surface area (Å²) in [4.78, 5) is 4.63. The molecule has 1 aromatic carbocycles. The second-order valence-electron chi connectivity index (χ2n) is 6.10. The monoisotopic (exact) mass is 371 g/mol. The summed E-state index contributed by atoms with van der Waals surface area (Å²) in [6, 6.07) is 12.6. The molecule has 7 heteroatoms. The van der Waals surface area contributed by atoms with E-state index in [2.05, 4.69) is 4.98 Å². The fraction of sp³-hybridized carbons (Fsp3) is 0.167. The van der Waals surface area contributed by atoms with Crippen LogP contribution in [0.4, 0.5) is 10.8 Å². The van der Waals surface area contributed by atoms with Gasteiger partial charge in [-0.05, 0) is 42.1 Å². The smallest absolute Gasteiger partial charge is 0.265 e. The molecule has 3 aromatic rings. The van der Waals surface area contributed by atoms with Crippen molar-refractivity contribution in [2.24, 2.45) is 0 Å². The predicted octanol–water partition coefficient (Wildman–Crippen LogP) is 3.37. The van der Waals surface area contributed by atoms with Crippen molar-refractivity contribution in [3.63, 3.8) is 0 Å². The molecule has 5 nitrogen and oxygen atoms in total. The predicted molar refractivity (Wildman–Crippen MR) is 101 cm³/mol. The molecule has 1 atom stereocenters. The number of fused-ring (bicyclic) bond motifs is 1. The van der Waals surface area contributed by atoms with Crippen LogP contribution in [0.3, 0.4) is 0 Å². The van der Waals surface area contributed by atoms with Gasteiger partial charge in [0.05, 0.1) is 9.90 Å². The third kappa shape index (κ3) is 2.69. The van der Waals surface area contributed by atoms with E-state index in [1.54, 1.807) is 30.5 Å². The molecule has 2 aromatic heterocycles. The number of nitrogens with zero attached hydrogens (tertiary/aromatic N) is 2. The van der Waals surface area contributed by atoms with Gasteiger partial charge in [-0.15, -0.1) is 11.3 Å². The number of aromatic nitrogens is 1. The highest BCUT2D eigenvalue weighted by atomic mass is 32.2. The highest BCUT2D eigenvalue weighted by Gasteiger charge is 2.38. The first kappa shape index (κ1) is 16.1. The lowest BCUT2D eigenvalue weighted by Crippen LogP contribution is -2.30. The average molecular weight is 371 g/mol. The van der Waals surface area contributed by atoms with Crippen molar-refractivity contribution in [3.05, 3.63) is 70.7 Å². The maximum Gasteiger partial charge on any atom is 0.265 e. The van der Waals surface area contributed by atoms with Gasteiger partial charge in [-0.3, -0.25) is 0 Å². The summed E-state index contributed by atoms with van der Waals surface area (Å²) >= 11 is 1.46. The van der Waals surface area contributed by atoms with Gasteiger partial charge in [-0.2, -0.15) is 0 Å². The van der Waals surface area contributed by atoms with Crippen molar-refractivity contribution >= 4 is 32.2 Å². The first-order valence-corrected chi connectivity index (χ1v) is 10.2. The molecule has 0 spiro atoms. The van der Waals surface area contributed by atoms with Crippen molar-refractivity contribution in [1.82, 2.24) is 4.98 Å². The van der Waals surface area contributed by atoms with E-state index < -0.39 is 10.0 Å². The van der Waals surface area contributed by atoms with Gasteiger partial charge in [0.25, 0.3) is 10.0 Å². The van der Waals surface area contributed by atoms with Crippen LogP contribution in [-0.4, -0.2) is 19.9 Å². The first-order valence-electron chi connectivity index (χ1n) is 7.85. The van der Waals surface area contributed by atoms with E-state index >= 15 is 0 Å². The van der Waals surface area contributed by atoms with Crippen LogP contribution >= 0.6 is 11.3 Å². The summed E-state index contributed by atoms with van der Waals surface area (Å²) in [7, 11) is -3.66. The van der Waals surface area contributed by atoms with Crippen LogP contribution in [0.1, 0.15) is 22.6 Å². The van der Waals surface area contributed by atoms with Crippen molar-refractivity contribution in [3.8, 4) is 0 Å². The third-order valence-electron chi connectivity index (χ3n) is 4.43. The quantitative estimate of drug-likeness (QED) is 0.766. The zero-order valence-electron chi connectivity index (χ0n) is 13.6. The standard InChI is InChI=1S/C18H17N3O2S2/c1-12-4-6-14(7-5-12)25(22,23)21-10-16(13-9-17(19)24-11-13)15-3-2-8-20-18(15)21/h2-9,11,16H,10,19H2,1H3. The van der Waals surface area contributed by atoms with Crippen molar-refractivity contribution < 1.29 is 8.42 Å². The third-order valence-corrected chi connectivity index (χ3v) is 6.98. The van der Waals surface area contributed by atoms with Crippen LogP contribution in [0.2, 0.25) is 0 Å². The summed E-state index contributed by atoms with van der Waals surface area (Å²) < 4.78 is 27.7. The van der Waals surface area contributed by atoms with Crippen LogP contribution in [0, 0.1) is 6.92 Å². The lowest BCUT2D eigenvalue weighted by Gasteiger charge is -2.19. The largest absolute Gasteiger partial charge is 0.391 e. The van der Waals surface area contributed by atoms with E-state index in [1.807, 2.05) is 30.5 Å². The SMILES string of the molecule is Cc1ccc(S(=O)(=O)N2CC(c3csc(N)c3)c3cccnc32)cc1. The summed E-state index contributed by atoms with van der Waals surface area (Å²) in [5, 5.41) is 2.71. The minimum Gasteiger partial charge on any atom is -0.391 e. The average Bonchev–Trinajstić information content (AvgIpc) is 3.19. The summed E-state index contributed by atoms with van der Waals surface area (Å²) in [5.74, 6) is 0.440. The Hall–Kier alpha value is -2.38. The van der Waals surface area contributed by atoms with E-state index in [0.29, 0.717) is 12.4 Å². The Kier molecular flexibility index (Phi) is 3.77. The molecule has 128 valence electrons. The minimum atomic E-state index is -3.66. The summed E-state index contributed by atoms with van der Waals surface area (Å²) in [6.45, 7) is 2.26. The number of anilines is 2. The molecule has 3 heterocycles. The number of hydrogen-bond acceptors (Lipinski definition) is 5. The first-order chi connectivity index (χ1) is 12.0. The summed E-state index contributed by atoms with van der Waals surface area (Å²) in [6.07, 6.45) is 1.63. The van der Waals surface area contributed by atoms with Crippen LogP contribution in [0.5, 0.6) is 0 Å². The van der Waals surface area contributed by atoms with Crippen molar-refractivity contribution in [2.45, 2.75) is 17.7 Å². The number of nitrogens with two attached hydrogens (primary N) is 1. The minimum absolute atomic E-state index is 0.0579. The molecular formula is C18H17N3O2S2. The van der Waals surface area contributed by atoms with Gasteiger partial charge in [0.1, 0.15) is 5.82 Å². The molecule has 0 saturated carbocycles. The Balaban J connectivity index is 1.80. The Morgan fingerprint density at radius 2 is 2.00 bits per heavy atom. The van der Waals surface area contributed by atoms with Gasteiger partial charge in [0, 0.05) is 24.2 Å². The van der Waals surface area contributed by atoms with Gasteiger partial charge >= 0.3 is 0 Å². The molecule has 0 saturated heterocycles. The Labute approximate surface area is 150 Å². The normalized spacial score (nSPS) is 16.8. The van der Waals surface area contributed by atoms with Crippen LogP contribution in [0.25, 0.3) is 0 Å². The molecule has 1 aliphatic rings. The number of rotatable bonds is 3. The zero-order valence-corrected chi connectivity index (χ0v) is 15.2. The van der Waals surface area contributed by atoms with E-state index in [0.717, 1.165) is 21.7 Å². The van der Waals surface area contributed by atoms with Gasteiger partial charge in [0.2, 0.25) is 0 Å². The molecule has 4 rings (SSSR count). The molecule has 25 heavy (non-hydrogen) atoms. The molecular weight excluding hydrogens is 354 g/mol. The molecule has 2 N–H and O–H groups in total. The van der Waals surface area contributed by atoms with Gasteiger partial charge in [0.15, 0.2) is 0 Å². The molecule has 0 amide bonds.